The molecule has 6 heteroatoms. The number of nitrogens with one attached hydrogen (secondary N) is 2. The van der Waals surface area contributed by atoms with E-state index in [9.17, 15) is 8.42 Å². The molecule has 112 valence electrons. The van der Waals surface area contributed by atoms with Crippen LogP contribution in [-0.4, -0.2) is 34.7 Å². The monoisotopic (exact) mass is 298 g/mol. The summed E-state index contributed by atoms with van der Waals surface area (Å²) in [5.41, 5.74) is 0.944. The summed E-state index contributed by atoms with van der Waals surface area (Å²) in [6, 6.07) is 7.20. The van der Waals surface area contributed by atoms with E-state index >= 15 is 0 Å². The van der Waals surface area contributed by atoms with Crippen LogP contribution in [0.15, 0.2) is 29.2 Å². The molecule has 0 aliphatic carbocycles. The molecule has 1 aliphatic rings. The van der Waals surface area contributed by atoms with Crippen molar-refractivity contribution in [2.45, 2.75) is 30.7 Å². The first-order chi connectivity index (χ1) is 9.53. The molecule has 0 bridgehead atoms. The van der Waals surface area contributed by atoms with Gasteiger partial charge >= 0.3 is 0 Å². The number of benzene rings is 1. The number of ether oxygens (including phenoxy) is 1. The number of sulfonamides is 1. The zero-order valence-electron chi connectivity index (χ0n) is 11.9. The lowest BCUT2D eigenvalue weighted by Gasteiger charge is -2.29. The summed E-state index contributed by atoms with van der Waals surface area (Å²) in [5.74, 6) is 0.601. The van der Waals surface area contributed by atoms with Gasteiger partial charge in [0.25, 0.3) is 0 Å². The van der Waals surface area contributed by atoms with Crippen molar-refractivity contribution in [2.75, 3.05) is 25.6 Å². The summed E-state index contributed by atoms with van der Waals surface area (Å²) >= 11 is 0. The van der Waals surface area contributed by atoms with Crippen molar-refractivity contribution in [3.63, 3.8) is 0 Å². The second-order valence-corrected chi connectivity index (χ2v) is 7.00. The maximum absolute atomic E-state index is 11.6. The normalized spacial score (nSPS) is 18.7. The first-order valence-electron chi connectivity index (χ1n) is 6.91. The van der Waals surface area contributed by atoms with Crippen LogP contribution in [0.1, 0.15) is 19.8 Å². The molecule has 20 heavy (non-hydrogen) atoms. The topological polar surface area (TPSA) is 67.4 Å². The van der Waals surface area contributed by atoms with Crippen LogP contribution in [-0.2, 0) is 14.8 Å². The molecule has 2 rings (SSSR count). The molecule has 0 aromatic heterocycles. The van der Waals surface area contributed by atoms with Gasteiger partial charge in [-0.25, -0.2) is 13.1 Å². The Balaban J connectivity index is 2.00. The average molecular weight is 298 g/mol. The van der Waals surface area contributed by atoms with Crippen LogP contribution >= 0.6 is 0 Å². The van der Waals surface area contributed by atoms with Gasteiger partial charge in [0.05, 0.1) is 4.90 Å². The fourth-order valence-corrected chi connectivity index (χ4v) is 3.17. The minimum Gasteiger partial charge on any atom is -0.382 e. The molecule has 1 saturated heterocycles. The van der Waals surface area contributed by atoms with Crippen LogP contribution in [0.3, 0.4) is 0 Å². The Hall–Kier alpha value is -1.11. The highest BCUT2D eigenvalue weighted by Crippen LogP contribution is 2.22. The molecule has 0 radical (unpaired) electrons. The lowest BCUT2D eigenvalue weighted by Crippen LogP contribution is -2.30. The quantitative estimate of drug-likeness (QED) is 0.870. The van der Waals surface area contributed by atoms with Gasteiger partial charge < -0.3 is 10.1 Å². The molecule has 1 fully saturated rings. The molecule has 1 aromatic carbocycles. The van der Waals surface area contributed by atoms with Crippen LogP contribution in [0.4, 0.5) is 5.69 Å². The van der Waals surface area contributed by atoms with Crippen molar-refractivity contribution in [2.24, 2.45) is 5.92 Å². The Morgan fingerprint density at radius 2 is 1.80 bits per heavy atom. The molecule has 0 saturated carbocycles. The predicted octanol–water partition coefficient (Wildman–Crippen LogP) is 1.82. The summed E-state index contributed by atoms with van der Waals surface area (Å²) in [7, 11) is -1.95. The van der Waals surface area contributed by atoms with E-state index in [1.165, 1.54) is 7.05 Å². The van der Waals surface area contributed by atoms with Gasteiger partial charge in [0.2, 0.25) is 10.0 Å². The summed E-state index contributed by atoms with van der Waals surface area (Å²) < 4.78 is 30.9. The minimum absolute atomic E-state index is 0.282. The van der Waals surface area contributed by atoms with Crippen LogP contribution in [0.5, 0.6) is 0 Å². The highest BCUT2D eigenvalue weighted by atomic mass is 32.2. The smallest absolute Gasteiger partial charge is 0.240 e. The largest absolute Gasteiger partial charge is 0.382 e. The van der Waals surface area contributed by atoms with Gasteiger partial charge in [-0.05, 0) is 57.0 Å². The molecule has 2 N–H and O–H groups in total. The fourth-order valence-electron chi connectivity index (χ4n) is 2.44. The number of rotatable bonds is 5. The molecule has 1 unspecified atom stereocenters. The summed E-state index contributed by atoms with van der Waals surface area (Å²) in [6.45, 7) is 3.82. The predicted molar refractivity (Wildman–Crippen MR) is 79.3 cm³/mol. The van der Waals surface area contributed by atoms with Gasteiger partial charge in [0.1, 0.15) is 0 Å². The first kappa shape index (κ1) is 15.3. The minimum atomic E-state index is -3.36. The zero-order chi connectivity index (χ0) is 14.6. The molecule has 5 nitrogen and oxygen atoms in total. The molecule has 0 spiro atoms. The Kier molecular flexibility index (Phi) is 5.01. The molecule has 1 aromatic rings. The molecule has 0 amide bonds. The van der Waals surface area contributed by atoms with Gasteiger partial charge in [-0.1, -0.05) is 0 Å². The van der Waals surface area contributed by atoms with Crippen molar-refractivity contribution in [1.82, 2.24) is 4.72 Å². The second kappa shape index (κ2) is 6.56. The number of anilines is 1. The van der Waals surface area contributed by atoms with Crippen LogP contribution < -0.4 is 10.0 Å². The molecule has 1 atom stereocenters. The standard InChI is InChI=1S/C14H22N2O3S/c1-11(12-7-9-19-10-8-12)16-13-3-5-14(6-4-13)20(17,18)15-2/h3-6,11-12,15-16H,7-10H2,1-2H3. The Morgan fingerprint density at radius 1 is 1.20 bits per heavy atom. The molecule has 1 heterocycles. The highest BCUT2D eigenvalue weighted by Gasteiger charge is 2.20. The van der Waals surface area contributed by atoms with Crippen LogP contribution in [0, 0.1) is 5.92 Å². The third kappa shape index (κ3) is 3.71. The third-order valence-electron chi connectivity index (χ3n) is 3.80. The van der Waals surface area contributed by atoms with E-state index < -0.39 is 10.0 Å². The van der Waals surface area contributed by atoms with Gasteiger partial charge in [-0.15, -0.1) is 0 Å². The van der Waals surface area contributed by atoms with E-state index in [1.807, 2.05) is 0 Å². The van der Waals surface area contributed by atoms with Gasteiger partial charge in [-0.3, -0.25) is 0 Å². The number of hydrogen-bond acceptors (Lipinski definition) is 4. The lowest BCUT2D eigenvalue weighted by atomic mass is 9.93. The zero-order valence-corrected chi connectivity index (χ0v) is 12.7. The highest BCUT2D eigenvalue weighted by molar-refractivity contribution is 7.89. The van der Waals surface area contributed by atoms with Crippen LogP contribution in [0.2, 0.25) is 0 Å². The maximum Gasteiger partial charge on any atom is 0.240 e. The fraction of sp³-hybridized carbons (Fsp3) is 0.571. The number of hydrogen-bond donors (Lipinski definition) is 2. The molecular formula is C14H22N2O3S. The second-order valence-electron chi connectivity index (χ2n) is 5.11. The summed E-state index contributed by atoms with van der Waals surface area (Å²) in [4.78, 5) is 0.282. The Bertz CT molecular complexity index is 522. The first-order valence-corrected chi connectivity index (χ1v) is 8.39. The van der Waals surface area contributed by atoms with Crippen molar-refractivity contribution >= 4 is 15.7 Å². The maximum atomic E-state index is 11.6. The van der Waals surface area contributed by atoms with Crippen molar-refractivity contribution in [1.29, 1.82) is 0 Å². The Labute approximate surface area is 120 Å². The van der Waals surface area contributed by atoms with E-state index in [0.717, 1.165) is 31.7 Å². The summed E-state index contributed by atoms with van der Waals surface area (Å²) in [5, 5.41) is 3.44. The van der Waals surface area contributed by atoms with Gasteiger partial charge in [0, 0.05) is 24.9 Å². The molecular weight excluding hydrogens is 276 g/mol. The average Bonchev–Trinajstić information content (AvgIpc) is 2.48. The van der Waals surface area contributed by atoms with Crippen molar-refractivity contribution in [3.05, 3.63) is 24.3 Å². The van der Waals surface area contributed by atoms with Gasteiger partial charge in [0.15, 0.2) is 0 Å². The van der Waals surface area contributed by atoms with E-state index in [2.05, 4.69) is 17.0 Å². The van der Waals surface area contributed by atoms with Crippen molar-refractivity contribution < 1.29 is 13.2 Å². The van der Waals surface area contributed by atoms with E-state index in [1.54, 1.807) is 24.3 Å². The Morgan fingerprint density at radius 3 is 2.35 bits per heavy atom. The van der Waals surface area contributed by atoms with Crippen molar-refractivity contribution in [3.8, 4) is 0 Å². The van der Waals surface area contributed by atoms with E-state index in [-0.39, 0.29) is 4.90 Å². The van der Waals surface area contributed by atoms with Crippen LogP contribution in [0.25, 0.3) is 0 Å². The lowest BCUT2D eigenvalue weighted by molar-refractivity contribution is 0.0622. The van der Waals surface area contributed by atoms with Gasteiger partial charge in [-0.2, -0.15) is 0 Å². The van der Waals surface area contributed by atoms with E-state index in [0.29, 0.717) is 12.0 Å². The third-order valence-corrected chi connectivity index (χ3v) is 5.23. The molecule has 1 aliphatic heterocycles. The summed E-state index contributed by atoms with van der Waals surface area (Å²) in [6.07, 6.45) is 2.14. The van der Waals surface area contributed by atoms with E-state index in [4.69, 9.17) is 4.74 Å². The SMILES string of the molecule is CNS(=O)(=O)c1ccc(NC(C)C2CCOCC2)cc1.